The zero-order chi connectivity index (χ0) is 54.3. The number of ether oxygens (including phenoxy) is 1. The van der Waals surface area contributed by atoms with Gasteiger partial charge in [0.1, 0.15) is 0 Å². The first-order valence-electron chi connectivity index (χ1n) is 34.8. The molecule has 448 valence electrons. The summed E-state index contributed by atoms with van der Waals surface area (Å²) in [6.07, 6.45) is 78.6. The summed E-state index contributed by atoms with van der Waals surface area (Å²) < 4.78 is 5.47. The molecule has 0 radical (unpaired) electrons. The standard InChI is InChI=1S/C69H137NO5/c1-3-5-7-9-11-13-15-16-17-18-19-20-21-23-26-29-32-35-38-42-45-49-53-57-61-67(72)66(65-71)70-68(73)62-58-54-50-46-43-39-36-33-30-27-24-22-25-28-31-34-37-40-44-48-52-56-60-64-75-69(74)63-59-55-51-47-41-14-12-10-8-6-4-2/h66-67,71-72H,3-65H2,1-2H3,(H,70,73). The molecule has 2 unspecified atom stereocenters. The number of amides is 1. The van der Waals surface area contributed by atoms with E-state index >= 15 is 0 Å². The minimum Gasteiger partial charge on any atom is -0.466 e. The largest absolute Gasteiger partial charge is 0.466 e. The molecule has 2 atom stereocenters. The Morgan fingerprint density at radius 3 is 0.813 bits per heavy atom. The summed E-state index contributed by atoms with van der Waals surface area (Å²) in [5.74, 6) is -0.0131. The van der Waals surface area contributed by atoms with Gasteiger partial charge in [-0.15, -0.1) is 0 Å². The van der Waals surface area contributed by atoms with Gasteiger partial charge in [0.2, 0.25) is 5.91 Å². The van der Waals surface area contributed by atoms with E-state index in [0.717, 1.165) is 38.5 Å². The number of carbonyl (C=O) groups excluding carboxylic acids is 2. The van der Waals surface area contributed by atoms with Gasteiger partial charge in [0.25, 0.3) is 0 Å². The van der Waals surface area contributed by atoms with Gasteiger partial charge in [0.05, 0.1) is 25.4 Å². The summed E-state index contributed by atoms with van der Waals surface area (Å²) in [6.45, 7) is 4.99. The minimum absolute atomic E-state index is 0.0155. The Morgan fingerprint density at radius 2 is 0.547 bits per heavy atom. The molecule has 6 heteroatoms. The van der Waals surface area contributed by atoms with E-state index in [4.69, 9.17) is 4.74 Å². The Labute approximate surface area is 470 Å². The molecule has 0 fully saturated rings. The number of aliphatic hydroxyl groups is 2. The molecule has 0 heterocycles. The highest BCUT2D eigenvalue weighted by Crippen LogP contribution is 2.19. The maximum absolute atomic E-state index is 12.6. The lowest BCUT2D eigenvalue weighted by Gasteiger charge is -2.22. The third kappa shape index (κ3) is 61.9. The van der Waals surface area contributed by atoms with Crippen LogP contribution in [0, 0.1) is 0 Å². The van der Waals surface area contributed by atoms with Crippen LogP contribution in [0.5, 0.6) is 0 Å². The van der Waals surface area contributed by atoms with Crippen LogP contribution in [0.3, 0.4) is 0 Å². The Balaban J connectivity index is 3.37. The van der Waals surface area contributed by atoms with Crippen LogP contribution in [0.25, 0.3) is 0 Å². The topological polar surface area (TPSA) is 95.9 Å². The molecule has 3 N–H and O–H groups in total. The van der Waals surface area contributed by atoms with Crippen LogP contribution >= 0.6 is 0 Å². The molecule has 0 aliphatic heterocycles. The monoisotopic (exact) mass is 1060 g/mol. The van der Waals surface area contributed by atoms with Gasteiger partial charge in [0.15, 0.2) is 0 Å². The third-order valence-electron chi connectivity index (χ3n) is 16.7. The van der Waals surface area contributed by atoms with Crippen molar-refractivity contribution in [3.8, 4) is 0 Å². The Morgan fingerprint density at radius 1 is 0.320 bits per heavy atom. The molecule has 0 aromatic heterocycles. The summed E-state index contributed by atoms with van der Waals surface area (Å²) in [4.78, 5) is 24.6. The van der Waals surface area contributed by atoms with Crippen molar-refractivity contribution in [2.75, 3.05) is 13.2 Å². The van der Waals surface area contributed by atoms with Crippen LogP contribution in [0.1, 0.15) is 406 Å². The highest BCUT2D eigenvalue weighted by Gasteiger charge is 2.20. The summed E-state index contributed by atoms with van der Waals surface area (Å²) in [7, 11) is 0. The number of rotatable bonds is 66. The van der Waals surface area contributed by atoms with Gasteiger partial charge in [-0.05, 0) is 25.7 Å². The Bertz CT molecular complexity index is 1080. The molecule has 0 aromatic rings. The van der Waals surface area contributed by atoms with Crippen LogP contribution in [0.4, 0.5) is 0 Å². The number of hydrogen-bond donors (Lipinski definition) is 3. The molecule has 0 saturated heterocycles. The first kappa shape index (κ1) is 73.9. The average Bonchev–Trinajstić information content (AvgIpc) is 3.41. The molecule has 0 aliphatic rings. The number of carbonyl (C=O) groups is 2. The summed E-state index contributed by atoms with van der Waals surface area (Å²) >= 11 is 0. The second kappa shape index (κ2) is 65.4. The lowest BCUT2D eigenvalue weighted by atomic mass is 10.0. The highest BCUT2D eigenvalue weighted by atomic mass is 16.5. The molecule has 0 bridgehead atoms. The number of unbranched alkanes of at least 4 members (excludes halogenated alkanes) is 55. The van der Waals surface area contributed by atoms with Crippen molar-refractivity contribution in [2.24, 2.45) is 0 Å². The smallest absolute Gasteiger partial charge is 0.305 e. The van der Waals surface area contributed by atoms with Gasteiger partial charge >= 0.3 is 5.97 Å². The fourth-order valence-corrected chi connectivity index (χ4v) is 11.4. The van der Waals surface area contributed by atoms with E-state index in [9.17, 15) is 19.8 Å². The van der Waals surface area contributed by atoms with Gasteiger partial charge in [-0.2, -0.15) is 0 Å². The first-order valence-corrected chi connectivity index (χ1v) is 34.8. The molecule has 0 saturated carbocycles. The van der Waals surface area contributed by atoms with Crippen molar-refractivity contribution < 1.29 is 24.5 Å². The van der Waals surface area contributed by atoms with Crippen molar-refractivity contribution in [1.82, 2.24) is 5.32 Å². The predicted octanol–water partition coefficient (Wildman–Crippen LogP) is 22.2. The number of nitrogens with one attached hydrogen (secondary N) is 1. The number of aliphatic hydroxyl groups excluding tert-OH is 2. The molecular formula is C69H137NO5. The van der Waals surface area contributed by atoms with Gasteiger partial charge in [-0.1, -0.05) is 367 Å². The molecule has 0 aromatic carbocycles. The van der Waals surface area contributed by atoms with Crippen LogP contribution in [0.2, 0.25) is 0 Å². The van der Waals surface area contributed by atoms with E-state index in [1.54, 1.807) is 0 Å². The molecule has 6 nitrogen and oxygen atoms in total. The van der Waals surface area contributed by atoms with Crippen LogP contribution in [0.15, 0.2) is 0 Å². The van der Waals surface area contributed by atoms with E-state index in [2.05, 4.69) is 19.2 Å². The van der Waals surface area contributed by atoms with E-state index in [0.29, 0.717) is 25.9 Å². The van der Waals surface area contributed by atoms with Crippen molar-refractivity contribution in [3.05, 3.63) is 0 Å². The van der Waals surface area contributed by atoms with Crippen molar-refractivity contribution >= 4 is 11.9 Å². The molecule has 75 heavy (non-hydrogen) atoms. The maximum atomic E-state index is 12.6. The van der Waals surface area contributed by atoms with Gasteiger partial charge in [-0.25, -0.2) is 0 Å². The second-order valence-electron chi connectivity index (χ2n) is 24.2. The van der Waals surface area contributed by atoms with Crippen molar-refractivity contribution in [1.29, 1.82) is 0 Å². The fourth-order valence-electron chi connectivity index (χ4n) is 11.4. The SMILES string of the molecule is CCCCCCCCCCCCCCCCCCCCCCCCCCC(O)C(CO)NC(=O)CCCCCCCCCCCCCCCCCCCCCCCCCOC(=O)CCCCCCCCCCCCC. The highest BCUT2D eigenvalue weighted by molar-refractivity contribution is 5.76. The normalized spacial score (nSPS) is 12.4. The summed E-state index contributed by atoms with van der Waals surface area (Å²) in [6, 6.07) is -0.541. The third-order valence-corrected chi connectivity index (χ3v) is 16.7. The quantitative estimate of drug-likeness (QED) is 0.0417. The molecule has 0 spiro atoms. The van der Waals surface area contributed by atoms with E-state index in [1.807, 2.05) is 0 Å². The molecule has 0 aliphatic carbocycles. The molecule has 0 rings (SSSR count). The van der Waals surface area contributed by atoms with Crippen LogP contribution in [-0.2, 0) is 14.3 Å². The van der Waals surface area contributed by atoms with E-state index in [1.165, 1.54) is 334 Å². The Hall–Kier alpha value is -1.14. The first-order chi connectivity index (χ1) is 37.0. The van der Waals surface area contributed by atoms with Crippen molar-refractivity contribution in [2.45, 2.75) is 418 Å². The van der Waals surface area contributed by atoms with E-state index in [-0.39, 0.29) is 18.5 Å². The summed E-state index contributed by atoms with van der Waals surface area (Å²) in [5, 5.41) is 23.4. The zero-order valence-corrected chi connectivity index (χ0v) is 51.3. The average molecular weight is 1060 g/mol. The van der Waals surface area contributed by atoms with E-state index < -0.39 is 12.1 Å². The lowest BCUT2D eigenvalue weighted by molar-refractivity contribution is -0.143. The predicted molar refractivity (Wildman–Crippen MR) is 329 cm³/mol. The number of esters is 1. The van der Waals surface area contributed by atoms with Gasteiger partial charge in [0, 0.05) is 12.8 Å². The molecule has 1 amide bonds. The van der Waals surface area contributed by atoms with Crippen molar-refractivity contribution in [3.63, 3.8) is 0 Å². The lowest BCUT2D eigenvalue weighted by Crippen LogP contribution is -2.45. The van der Waals surface area contributed by atoms with Gasteiger partial charge < -0.3 is 20.3 Å². The Kier molecular flexibility index (Phi) is 64.4. The number of hydrogen-bond acceptors (Lipinski definition) is 5. The maximum Gasteiger partial charge on any atom is 0.305 e. The minimum atomic E-state index is -0.664. The summed E-state index contributed by atoms with van der Waals surface area (Å²) in [5.41, 5.74) is 0. The van der Waals surface area contributed by atoms with Gasteiger partial charge in [-0.3, -0.25) is 9.59 Å². The van der Waals surface area contributed by atoms with Crippen LogP contribution < -0.4 is 5.32 Å². The molecular weight excluding hydrogens is 923 g/mol. The fraction of sp³-hybridized carbons (Fsp3) is 0.971. The van der Waals surface area contributed by atoms with Crippen LogP contribution in [-0.4, -0.2) is 47.4 Å². The zero-order valence-electron chi connectivity index (χ0n) is 51.3. The second-order valence-corrected chi connectivity index (χ2v) is 24.2.